The molecule has 1 aliphatic heterocycles. The molecule has 4 atom stereocenters. The normalized spacial score (nSPS) is 19.0. The van der Waals surface area contributed by atoms with Crippen molar-refractivity contribution >= 4 is 46.5 Å². The molecule has 5 rings (SSSR count). The summed E-state index contributed by atoms with van der Waals surface area (Å²) in [7, 11) is 0. The second-order valence-corrected chi connectivity index (χ2v) is 11.1. The number of rotatable bonds is 13. The molecule has 0 radical (unpaired) electrons. The lowest BCUT2D eigenvalue weighted by molar-refractivity contribution is -0.166. The number of carbonyl (C=O) groups is 3. The first-order valence-electron chi connectivity index (χ1n) is 15.0. The van der Waals surface area contributed by atoms with E-state index < -0.39 is 42.4 Å². The molecule has 242 valence electrons. The Bertz CT molecular complexity index is 1680. The Balaban J connectivity index is 1.49. The van der Waals surface area contributed by atoms with E-state index in [0.29, 0.717) is 42.4 Å². The number of nitrogens with zero attached hydrogens (tertiary/aromatic N) is 2. The van der Waals surface area contributed by atoms with Crippen LogP contribution in [0.3, 0.4) is 0 Å². The van der Waals surface area contributed by atoms with Gasteiger partial charge < -0.3 is 29.0 Å². The van der Waals surface area contributed by atoms with Crippen LogP contribution < -0.4 is 10.1 Å². The lowest BCUT2D eigenvalue weighted by Crippen LogP contribution is -2.40. The summed E-state index contributed by atoms with van der Waals surface area (Å²) in [6.45, 7) is 4.40. The van der Waals surface area contributed by atoms with Crippen molar-refractivity contribution in [2.45, 2.75) is 58.3 Å². The van der Waals surface area contributed by atoms with Crippen molar-refractivity contribution in [2.24, 2.45) is 0 Å². The molecule has 1 fully saturated rings. The van der Waals surface area contributed by atoms with Crippen LogP contribution >= 0.6 is 11.6 Å². The fourth-order valence-electron chi connectivity index (χ4n) is 5.40. The van der Waals surface area contributed by atoms with Crippen LogP contribution in [0.4, 0.5) is 5.95 Å². The van der Waals surface area contributed by atoms with Crippen LogP contribution in [-0.4, -0.2) is 64.9 Å². The topological polar surface area (TPSA) is 127 Å². The molecule has 1 aliphatic rings. The number of alkyl halides is 1. The number of hydrogen-bond donors (Lipinski definition) is 1. The van der Waals surface area contributed by atoms with E-state index in [0.717, 1.165) is 22.4 Å². The summed E-state index contributed by atoms with van der Waals surface area (Å²) < 4.78 is 30.7. The maximum Gasteiger partial charge on any atom is 0.303 e. The van der Waals surface area contributed by atoms with E-state index in [-0.39, 0.29) is 6.61 Å². The standard InChI is InChI=1S/C34H36ClN3O8/c1-21(39)43-20-30-31(44-22(2)40)32(45-23(3)41)33(46-30)38-28-13-8-7-12-27(28)37-34(38)36-19-24-14-15-26(25-10-5-4-6-11-25)29(18-24)42-17-9-16-35/h4-8,10-15,18,30-33H,9,16-17,19-20H2,1-3H3,(H,36,37)/t30-,31-,32-,33-/m1/s1. The van der Waals surface area contributed by atoms with E-state index in [9.17, 15) is 14.4 Å². The summed E-state index contributed by atoms with van der Waals surface area (Å²) in [6, 6.07) is 23.4. The molecule has 0 saturated carbocycles. The molecule has 2 heterocycles. The smallest absolute Gasteiger partial charge is 0.303 e. The van der Waals surface area contributed by atoms with Crippen molar-refractivity contribution in [3.05, 3.63) is 78.4 Å². The van der Waals surface area contributed by atoms with Crippen LogP contribution in [0.2, 0.25) is 0 Å². The first-order chi connectivity index (χ1) is 22.2. The van der Waals surface area contributed by atoms with Gasteiger partial charge in [-0.3, -0.25) is 19.0 Å². The third-order valence-corrected chi connectivity index (χ3v) is 7.57. The van der Waals surface area contributed by atoms with Crippen molar-refractivity contribution in [3.63, 3.8) is 0 Å². The Hall–Kier alpha value is -4.61. The van der Waals surface area contributed by atoms with Crippen molar-refractivity contribution in [2.75, 3.05) is 24.4 Å². The monoisotopic (exact) mass is 649 g/mol. The molecule has 3 aromatic carbocycles. The van der Waals surface area contributed by atoms with Crippen LogP contribution in [0.5, 0.6) is 5.75 Å². The van der Waals surface area contributed by atoms with Gasteiger partial charge in [0.15, 0.2) is 18.4 Å². The highest BCUT2D eigenvalue weighted by Gasteiger charge is 2.51. The Labute approximate surface area is 271 Å². The van der Waals surface area contributed by atoms with Crippen LogP contribution in [-0.2, 0) is 39.9 Å². The van der Waals surface area contributed by atoms with Gasteiger partial charge >= 0.3 is 17.9 Å². The molecule has 46 heavy (non-hydrogen) atoms. The van der Waals surface area contributed by atoms with E-state index in [1.807, 2.05) is 72.8 Å². The molecule has 1 aromatic heterocycles. The zero-order chi connectivity index (χ0) is 32.6. The number of hydrogen-bond acceptors (Lipinski definition) is 10. The fourth-order valence-corrected chi connectivity index (χ4v) is 5.51. The molecule has 0 amide bonds. The Morgan fingerprint density at radius 3 is 2.35 bits per heavy atom. The molecule has 0 unspecified atom stereocenters. The fraction of sp³-hybridized carbons (Fsp3) is 0.353. The second kappa shape index (κ2) is 15.1. The third kappa shape index (κ3) is 7.78. The number of aromatic nitrogens is 2. The van der Waals surface area contributed by atoms with Crippen LogP contribution in [0.1, 0.15) is 39.0 Å². The quantitative estimate of drug-likeness (QED) is 0.0840. The maximum absolute atomic E-state index is 12.3. The van der Waals surface area contributed by atoms with E-state index >= 15 is 0 Å². The highest BCUT2D eigenvalue weighted by Crippen LogP contribution is 2.39. The summed E-state index contributed by atoms with van der Waals surface area (Å²) >= 11 is 5.90. The van der Waals surface area contributed by atoms with Gasteiger partial charge in [0.2, 0.25) is 5.95 Å². The van der Waals surface area contributed by atoms with Crippen molar-refractivity contribution in [3.8, 4) is 16.9 Å². The molecule has 1 N–H and O–H groups in total. The van der Waals surface area contributed by atoms with Crippen molar-refractivity contribution in [1.82, 2.24) is 9.55 Å². The van der Waals surface area contributed by atoms with Gasteiger partial charge in [0, 0.05) is 38.8 Å². The largest absolute Gasteiger partial charge is 0.493 e. The molecule has 11 nitrogen and oxygen atoms in total. The predicted octanol–water partition coefficient (Wildman–Crippen LogP) is 5.65. The summed E-state index contributed by atoms with van der Waals surface area (Å²) in [5, 5.41) is 3.41. The Kier molecular flexibility index (Phi) is 10.8. The number of ether oxygens (including phenoxy) is 5. The minimum atomic E-state index is -1.06. The average molecular weight is 650 g/mol. The third-order valence-electron chi connectivity index (χ3n) is 7.31. The first kappa shape index (κ1) is 32.8. The minimum absolute atomic E-state index is 0.211. The van der Waals surface area contributed by atoms with Gasteiger partial charge in [-0.25, -0.2) is 4.98 Å². The lowest BCUT2D eigenvalue weighted by atomic mass is 10.0. The number of imidazole rings is 1. The number of benzene rings is 3. The molecule has 0 aliphatic carbocycles. The second-order valence-electron chi connectivity index (χ2n) is 10.8. The van der Waals surface area contributed by atoms with E-state index in [2.05, 4.69) is 5.32 Å². The Morgan fingerprint density at radius 2 is 1.63 bits per heavy atom. The predicted molar refractivity (Wildman–Crippen MR) is 171 cm³/mol. The van der Waals surface area contributed by atoms with Crippen LogP contribution in [0.15, 0.2) is 72.8 Å². The van der Waals surface area contributed by atoms with Crippen LogP contribution in [0.25, 0.3) is 22.2 Å². The average Bonchev–Trinajstić information content (AvgIpc) is 3.56. The van der Waals surface area contributed by atoms with Gasteiger partial charge in [0.05, 0.1) is 17.6 Å². The molecule has 0 spiro atoms. The van der Waals surface area contributed by atoms with E-state index in [4.69, 9.17) is 40.3 Å². The summed E-state index contributed by atoms with van der Waals surface area (Å²) in [4.78, 5) is 40.8. The number of esters is 3. The highest BCUT2D eigenvalue weighted by molar-refractivity contribution is 6.17. The zero-order valence-electron chi connectivity index (χ0n) is 25.8. The maximum atomic E-state index is 12.3. The zero-order valence-corrected chi connectivity index (χ0v) is 26.6. The number of carbonyl (C=O) groups excluding carboxylic acids is 3. The van der Waals surface area contributed by atoms with Gasteiger partial charge in [-0.2, -0.15) is 0 Å². The Morgan fingerprint density at radius 1 is 0.913 bits per heavy atom. The van der Waals surface area contributed by atoms with Gasteiger partial charge in [-0.1, -0.05) is 54.6 Å². The lowest BCUT2D eigenvalue weighted by Gasteiger charge is -2.25. The molecular formula is C34H36ClN3O8. The van der Waals surface area contributed by atoms with Gasteiger partial charge in [0.25, 0.3) is 0 Å². The summed E-state index contributed by atoms with van der Waals surface area (Å²) in [6.07, 6.45) is -3.28. The number of para-hydroxylation sites is 2. The van der Waals surface area contributed by atoms with E-state index in [1.165, 1.54) is 20.8 Å². The summed E-state index contributed by atoms with van der Waals surface area (Å²) in [5.74, 6) is -0.0718. The van der Waals surface area contributed by atoms with Crippen LogP contribution in [0, 0.1) is 0 Å². The molecular weight excluding hydrogens is 614 g/mol. The number of fused-ring (bicyclic) bond motifs is 1. The summed E-state index contributed by atoms with van der Waals surface area (Å²) in [5.41, 5.74) is 4.27. The number of nitrogens with one attached hydrogen (secondary N) is 1. The van der Waals surface area contributed by atoms with Gasteiger partial charge in [0.1, 0.15) is 18.5 Å². The molecule has 4 aromatic rings. The molecule has 12 heteroatoms. The van der Waals surface area contributed by atoms with Crippen molar-refractivity contribution < 1.29 is 38.1 Å². The number of anilines is 1. The molecule has 0 bridgehead atoms. The van der Waals surface area contributed by atoms with Gasteiger partial charge in [-0.05, 0) is 35.7 Å². The van der Waals surface area contributed by atoms with Gasteiger partial charge in [-0.15, -0.1) is 11.6 Å². The SMILES string of the molecule is CC(=O)OC[C@H]1O[C@@H](n2c(NCc3ccc(-c4ccccc4)c(OCCCCl)c3)nc3ccccc32)[C@H](OC(C)=O)[C@@H]1OC(C)=O. The first-order valence-corrected chi connectivity index (χ1v) is 15.5. The van der Waals surface area contributed by atoms with Crippen molar-refractivity contribution in [1.29, 1.82) is 0 Å². The minimum Gasteiger partial charge on any atom is -0.493 e. The number of halogens is 1. The molecule has 1 saturated heterocycles. The van der Waals surface area contributed by atoms with E-state index in [1.54, 1.807) is 4.57 Å². The highest BCUT2D eigenvalue weighted by atomic mass is 35.5.